The van der Waals surface area contributed by atoms with E-state index in [0.717, 1.165) is 12.8 Å². The zero-order valence-electron chi connectivity index (χ0n) is 10.2. The van der Waals surface area contributed by atoms with Crippen LogP contribution in [0.3, 0.4) is 0 Å². The fourth-order valence-corrected chi connectivity index (χ4v) is 2.19. The van der Waals surface area contributed by atoms with Crippen LogP contribution in [0, 0.1) is 11.3 Å². The normalized spacial score (nSPS) is 13.6. The van der Waals surface area contributed by atoms with E-state index in [0.29, 0.717) is 0 Å². The minimum atomic E-state index is -4.06. The average Bonchev–Trinajstić information content (AvgIpc) is 2.19. The lowest BCUT2D eigenvalue weighted by molar-refractivity contribution is -0.233. The highest BCUT2D eigenvalue weighted by atomic mass is 19.4. The van der Waals surface area contributed by atoms with Gasteiger partial charge in [-0.15, -0.1) is 0 Å². The maximum atomic E-state index is 13.0. The van der Waals surface area contributed by atoms with Crippen molar-refractivity contribution in [3.63, 3.8) is 0 Å². The molecule has 0 heterocycles. The molecule has 15 heavy (non-hydrogen) atoms. The Morgan fingerprint density at radius 3 is 1.47 bits per heavy atom. The lowest BCUT2D eigenvalue weighted by Crippen LogP contribution is -2.38. The van der Waals surface area contributed by atoms with E-state index in [1.807, 2.05) is 13.8 Å². The second-order valence-electron chi connectivity index (χ2n) is 4.37. The molecule has 0 unspecified atom stereocenters. The smallest absolute Gasteiger partial charge is 0.171 e. The molecule has 0 fully saturated rings. The minimum absolute atomic E-state index is 0.198. The van der Waals surface area contributed by atoms with Crippen molar-refractivity contribution in [1.82, 2.24) is 0 Å². The van der Waals surface area contributed by atoms with Crippen molar-refractivity contribution >= 4 is 0 Å². The largest absolute Gasteiger partial charge is 0.394 e. The fourth-order valence-electron chi connectivity index (χ4n) is 2.19. The molecule has 0 nitrogen and oxygen atoms in total. The number of hydrogen-bond donors (Lipinski definition) is 0. The molecule has 0 aliphatic carbocycles. The Morgan fingerprint density at radius 1 is 0.867 bits per heavy atom. The van der Waals surface area contributed by atoms with Crippen molar-refractivity contribution in [2.24, 2.45) is 11.3 Å². The summed E-state index contributed by atoms with van der Waals surface area (Å²) in [5.74, 6) is 0.200. The van der Waals surface area contributed by atoms with Crippen LogP contribution in [0.1, 0.15) is 59.8 Å². The summed E-state index contributed by atoms with van der Waals surface area (Å²) in [5.41, 5.74) is -1.45. The average molecular weight is 224 g/mol. The van der Waals surface area contributed by atoms with Crippen LogP contribution in [0.5, 0.6) is 0 Å². The van der Waals surface area contributed by atoms with Gasteiger partial charge in [0, 0.05) is 0 Å². The minimum Gasteiger partial charge on any atom is -0.171 e. The Kier molecular flexibility index (Phi) is 5.68. The molecule has 0 saturated heterocycles. The fraction of sp³-hybridized carbons (Fsp3) is 1.00. The van der Waals surface area contributed by atoms with Gasteiger partial charge < -0.3 is 0 Å². The van der Waals surface area contributed by atoms with Gasteiger partial charge in [0.15, 0.2) is 0 Å². The highest BCUT2D eigenvalue weighted by Gasteiger charge is 2.52. The molecule has 0 amide bonds. The molecule has 3 heteroatoms. The predicted molar refractivity (Wildman–Crippen MR) is 57.8 cm³/mol. The molecule has 0 atom stereocenters. The van der Waals surface area contributed by atoms with Crippen LogP contribution in [0.4, 0.5) is 13.2 Å². The molecule has 0 aromatic heterocycles. The van der Waals surface area contributed by atoms with Crippen LogP contribution in [-0.4, -0.2) is 6.18 Å². The SMILES string of the molecule is CCC(CC)CC(CC)(CC)C(F)(F)F. The maximum Gasteiger partial charge on any atom is 0.394 e. The van der Waals surface area contributed by atoms with E-state index in [4.69, 9.17) is 0 Å². The molecule has 0 N–H and O–H groups in total. The second kappa shape index (κ2) is 5.76. The van der Waals surface area contributed by atoms with E-state index in [1.54, 1.807) is 13.8 Å². The van der Waals surface area contributed by atoms with Gasteiger partial charge in [-0.2, -0.15) is 13.2 Å². The Bertz CT molecular complexity index is 164. The summed E-state index contributed by atoms with van der Waals surface area (Å²) in [6, 6.07) is 0. The van der Waals surface area contributed by atoms with Crippen molar-refractivity contribution < 1.29 is 13.2 Å². The van der Waals surface area contributed by atoms with Crippen LogP contribution in [0.25, 0.3) is 0 Å². The number of halogens is 3. The molecule has 0 aliphatic rings. The van der Waals surface area contributed by atoms with E-state index in [2.05, 4.69) is 0 Å². The van der Waals surface area contributed by atoms with Gasteiger partial charge >= 0.3 is 6.18 Å². The maximum absolute atomic E-state index is 13.0. The van der Waals surface area contributed by atoms with Gasteiger partial charge in [-0.1, -0.05) is 40.5 Å². The lowest BCUT2D eigenvalue weighted by Gasteiger charge is -2.36. The van der Waals surface area contributed by atoms with Crippen LogP contribution in [0.2, 0.25) is 0 Å². The number of rotatable bonds is 6. The summed E-state index contributed by atoms with van der Waals surface area (Å²) in [4.78, 5) is 0. The van der Waals surface area contributed by atoms with Crippen molar-refractivity contribution in [1.29, 1.82) is 0 Å². The third-order valence-corrected chi connectivity index (χ3v) is 3.79. The highest BCUT2D eigenvalue weighted by molar-refractivity contribution is 4.86. The van der Waals surface area contributed by atoms with Crippen LogP contribution in [-0.2, 0) is 0 Å². The van der Waals surface area contributed by atoms with E-state index >= 15 is 0 Å². The van der Waals surface area contributed by atoms with Crippen molar-refractivity contribution in [3.8, 4) is 0 Å². The molecule has 0 rings (SSSR count). The molecule has 0 spiro atoms. The summed E-state index contributed by atoms with van der Waals surface area (Å²) < 4.78 is 39.0. The molecule has 0 bridgehead atoms. The highest BCUT2D eigenvalue weighted by Crippen LogP contribution is 2.49. The first kappa shape index (κ1) is 14.8. The first-order valence-corrected chi connectivity index (χ1v) is 5.93. The first-order chi connectivity index (χ1) is 6.86. The Balaban J connectivity index is 4.79. The van der Waals surface area contributed by atoms with Gasteiger partial charge in [0.05, 0.1) is 5.41 Å². The van der Waals surface area contributed by atoms with E-state index in [9.17, 15) is 13.2 Å². The Hall–Kier alpha value is -0.210. The molecule has 0 aromatic carbocycles. The monoisotopic (exact) mass is 224 g/mol. The zero-order chi connectivity index (χ0) is 12.1. The second-order valence-corrected chi connectivity index (χ2v) is 4.37. The summed E-state index contributed by atoms with van der Waals surface area (Å²) in [6.07, 6.45) is -1.69. The van der Waals surface area contributed by atoms with Gasteiger partial charge in [0.1, 0.15) is 0 Å². The standard InChI is InChI=1S/C12H23F3/c1-5-10(6-2)9-11(7-3,8-4)12(13,14)15/h10H,5-9H2,1-4H3. The molecule has 0 saturated carbocycles. The molecule has 0 aromatic rings. The van der Waals surface area contributed by atoms with Crippen LogP contribution in [0.15, 0.2) is 0 Å². The van der Waals surface area contributed by atoms with E-state index in [-0.39, 0.29) is 25.2 Å². The molecule has 0 radical (unpaired) electrons. The van der Waals surface area contributed by atoms with Crippen molar-refractivity contribution in [2.45, 2.75) is 66.0 Å². The third kappa shape index (κ3) is 3.39. The predicted octanol–water partition coefficient (Wildman–Crippen LogP) is 5.18. The molecule has 0 aliphatic heterocycles. The topological polar surface area (TPSA) is 0 Å². The lowest BCUT2D eigenvalue weighted by atomic mass is 9.73. The Morgan fingerprint density at radius 2 is 1.27 bits per heavy atom. The summed E-state index contributed by atoms with van der Waals surface area (Å²) in [5, 5.41) is 0. The summed E-state index contributed by atoms with van der Waals surface area (Å²) in [6.45, 7) is 7.25. The Labute approximate surface area is 91.3 Å². The van der Waals surface area contributed by atoms with Gasteiger partial charge in [0.2, 0.25) is 0 Å². The van der Waals surface area contributed by atoms with Gasteiger partial charge in [-0.3, -0.25) is 0 Å². The van der Waals surface area contributed by atoms with E-state index < -0.39 is 11.6 Å². The van der Waals surface area contributed by atoms with Crippen molar-refractivity contribution in [2.75, 3.05) is 0 Å². The van der Waals surface area contributed by atoms with E-state index in [1.165, 1.54) is 0 Å². The molecule has 92 valence electrons. The van der Waals surface area contributed by atoms with Crippen LogP contribution < -0.4 is 0 Å². The van der Waals surface area contributed by atoms with Gasteiger partial charge in [-0.05, 0) is 25.2 Å². The summed E-state index contributed by atoms with van der Waals surface area (Å²) >= 11 is 0. The van der Waals surface area contributed by atoms with Gasteiger partial charge in [-0.25, -0.2) is 0 Å². The summed E-state index contributed by atoms with van der Waals surface area (Å²) in [7, 11) is 0. The third-order valence-electron chi connectivity index (χ3n) is 3.79. The molecular formula is C12H23F3. The van der Waals surface area contributed by atoms with Crippen molar-refractivity contribution in [3.05, 3.63) is 0 Å². The van der Waals surface area contributed by atoms with Crippen LogP contribution >= 0.6 is 0 Å². The quantitative estimate of drug-likeness (QED) is 0.583. The zero-order valence-corrected chi connectivity index (χ0v) is 10.2. The molecular weight excluding hydrogens is 201 g/mol. The first-order valence-electron chi connectivity index (χ1n) is 5.93. The number of hydrogen-bond acceptors (Lipinski definition) is 0. The number of alkyl halides is 3. The van der Waals surface area contributed by atoms with Gasteiger partial charge in [0.25, 0.3) is 0 Å².